The molecule has 0 aliphatic carbocycles. The fourth-order valence-electron chi connectivity index (χ4n) is 5.85. The molecule has 4 aromatic rings. The number of aromatic amines is 1. The molecule has 3 N–H and O–H groups in total. The number of hydrogen-bond donors (Lipinski definition) is 3. The third-order valence-corrected chi connectivity index (χ3v) is 8.03. The van der Waals surface area contributed by atoms with Gasteiger partial charge in [0.15, 0.2) is 0 Å². The summed E-state index contributed by atoms with van der Waals surface area (Å²) in [4.78, 5) is 31.8. The van der Waals surface area contributed by atoms with E-state index in [1.165, 1.54) is 12.8 Å². The summed E-state index contributed by atoms with van der Waals surface area (Å²) in [5.41, 5.74) is 9.21. The molecule has 0 bridgehead atoms. The van der Waals surface area contributed by atoms with Crippen LogP contribution in [0.4, 0.5) is 5.69 Å². The minimum Gasteiger partial charge on any atom is -0.358 e. The first-order valence-electron chi connectivity index (χ1n) is 13.9. The van der Waals surface area contributed by atoms with Crippen LogP contribution < -0.4 is 10.6 Å². The van der Waals surface area contributed by atoms with Gasteiger partial charge in [0.25, 0.3) is 11.8 Å². The van der Waals surface area contributed by atoms with Crippen molar-refractivity contribution in [1.82, 2.24) is 25.0 Å². The van der Waals surface area contributed by atoms with Crippen LogP contribution in [-0.2, 0) is 4.79 Å². The predicted molar refractivity (Wildman–Crippen MR) is 159 cm³/mol. The van der Waals surface area contributed by atoms with Crippen LogP contribution in [0.1, 0.15) is 51.4 Å². The number of aryl methyl sites for hydroxylation is 1. The van der Waals surface area contributed by atoms with Gasteiger partial charge in [-0.25, -0.2) is 4.68 Å². The minimum atomic E-state index is -0.160. The van der Waals surface area contributed by atoms with Gasteiger partial charge >= 0.3 is 0 Å². The smallest absolute Gasteiger partial charge is 0.256 e. The first-order chi connectivity index (χ1) is 19.4. The number of aromatic nitrogens is 3. The third-order valence-electron chi connectivity index (χ3n) is 8.03. The molecule has 0 unspecified atom stereocenters. The summed E-state index contributed by atoms with van der Waals surface area (Å²) in [5, 5.41) is 10.7. The summed E-state index contributed by atoms with van der Waals surface area (Å²) in [5.74, 6) is -0.244. The van der Waals surface area contributed by atoms with Gasteiger partial charge in [0.05, 0.1) is 23.0 Å². The number of benzene rings is 2. The zero-order valence-corrected chi connectivity index (χ0v) is 23.2. The van der Waals surface area contributed by atoms with Crippen molar-refractivity contribution in [3.63, 3.8) is 0 Å². The number of hydrogen-bond acceptors (Lipinski definition) is 4. The number of likely N-dealkylation sites (tertiary alicyclic amines) is 1. The Morgan fingerprint density at radius 1 is 1.05 bits per heavy atom. The zero-order chi connectivity index (χ0) is 27.8. The van der Waals surface area contributed by atoms with Crippen molar-refractivity contribution in [3.05, 3.63) is 88.5 Å². The number of nitrogens with one attached hydrogen (secondary N) is 3. The molecule has 4 heterocycles. The van der Waals surface area contributed by atoms with Gasteiger partial charge in [-0.3, -0.25) is 9.59 Å². The van der Waals surface area contributed by atoms with Crippen LogP contribution in [0.5, 0.6) is 0 Å². The zero-order valence-electron chi connectivity index (χ0n) is 23.2. The van der Waals surface area contributed by atoms with Crippen LogP contribution in [0.2, 0.25) is 0 Å². The first-order valence-corrected chi connectivity index (χ1v) is 13.9. The number of rotatable bonds is 7. The Hall–Kier alpha value is -4.43. The molecule has 8 heteroatoms. The molecule has 2 aliphatic rings. The predicted octanol–water partition coefficient (Wildman–Crippen LogP) is 5.11. The summed E-state index contributed by atoms with van der Waals surface area (Å²) >= 11 is 0. The van der Waals surface area contributed by atoms with E-state index in [4.69, 9.17) is 0 Å². The standard InChI is InChI=1S/C32H34N6O2/c1-20-29(35-21(2)30(20)32(40)33-13-16-37-14-7-8-15-37)18-26-25-17-23(11-12-28(25)36-31(26)39)27-19-34-38(22(27)3)24-9-5-4-6-10-24/h4-6,9-12,17-19,35H,7-8,13-16H2,1-3H3,(H,33,40)(H,36,39)/b26-18-. The Morgan fingerprint density at radius 3 is 2.60 bits per heavy atom. The van der Waals surface area contributed by atoms with Crippen LogP contribution in [0.25, 0.3) is 28.5 Å². The maximum atomic E-state index is 13.1. The number of carbonyl (C=O) groups is 2. The van der Waals surface area contributed by atoms with Crippen LogP contribution >= 0.6 is 0 Å². The second kappa shape index (κ2) is 10.6. The van der Waals surface area contributed by atoms with Gasteiger partial charge in [-0.15, -0.1) is 0 Å². The van der Waals surface area contributed by atoms with E-state index >= 15 is 0 Å². The minimum absolute atomic E-state index is 0.0837. The normalized spacial score (nSPS) is 16.0. The molecule has 204 valence electrons. The number of nitrogens with zero attached hydrogens (tertiary/aromatic N) is 3. The van der Waals surface area contributed by atoms with E-state index < -0.39 is 0 Å². The fraction of sp³-hybridized carbons (Fsp3) is 0.281. The van der Waals surface area contributed by atoms with Gasteiger partial charge in [0.2, 0.25) is 0 Å². The quantitative estimate of drug-likeness (QED) is 0.287. The molecule has 2 aromatic heterocycles. The average Bonchev–Trinajstić information content (AvgIpc) is 3.72. The van der Waals surface area contributed by atoms with E-state index in [-0.39, 0.29) is 11.8 Å². The molecule has 40 heavy (non-hydrogen) atoms. The Kier molecular flexibility index (Phi) is 6.86. The number of carbonyl (C=O) groups excluding carboxylic acids is 2. The fourth-order valence-corrected chi connectivity index (χ4v) is 5.85. The average molecular weight is 535 g/mol. The van der Waals surface area contributed by atoms with Gasteiger partial charge in [0, 0.05) is 47.0 Å². The lowest BCUT2D eigenvalue weighted by Crippen LogP contribution is -2.33. The van der Waals surface area contributed by atoms with Crippen LogP contribution in [-0.4, -0.2) is 57.7 Å². The van der Waals surface area contributed by atoms with E-state index in [2.05, 4.69) is 25.6 Å². The number of para-hydroxylation sites is 1. The lowest BCUT2D eigenvalue weighted by molar-refractivity contribution is -0.110. The third kappa shape index (κ3) is 4.75. The number of H-pyrrole nitrogens is 1. The molecule has 8 nitrogen and oxygen atoms in total. The second-order valence-electron chi connectivity index (χ2n) is 10.6. The van der Waals surface area contributed by atoms with Gasteiger partial charge in [-0.2, -0.15) is 5.10 Å². The molecule has 0 atom stereocenters. The van der Waals surface area contributed by atoms with Gasteiger partial charge in [0.1, 0.15) is 0 Å². The van der Waals surface area contributed by atoms with Crippen LogP contribution in [0, 0.1) is 20.8 Å². The van der Waals surface area contributed by atoms with Crippen molar-refractivity contribution in [2.75, 3.05) is 31.5 Å². The van der Waals surface area contributed by atoms with Crippen LogP contribution in [0.3, 0.4) is 0 Å². The SMILES string of the molecule is Cc1[nH]c(/C=C2\C(=O)Nc3ccc(-c4cnn(-c5ccccc5)c4C)cc32)c(C)c1C(=O)NCCN1CCCC1. The highest BCUT2D eigenvalue weighted by Gasteiger charge is 2.27. The topological polar surface area (TPSA) is 95.0 Å². The molecule has 2 amide bonds. The Balaban J connectivity index is 1.27. The highest BCUT2D eigenvalue weighted by molar-refractivity contribution is 6.35. The lowest BCUT2D eigenvalue weighted by Gasteiger charge is -2.14. The number of amides is 2. The molecule has 2 aliphatic heterocycles. The Bertz CT molecular complexity index is 1620. The van der Waals surface area contributed by atoms with Crippen LogP contribution in [0.15, 0.2) is 54.7 Å². The number of anilines is 1. The summed E-state index contributed by atoms with van der Waals surface area (Å²) in [6.45, 7) is 9.58. The first kappa shape index (κ1) is 25.8. The molecular weight excluding hydrogens is 500 g/mol. The molecular formula is C32H34N6O2. The Morgan fingerprint density at radius 2 is 1.82 bits per heavy atom. The summed E-state index contributed by atoms with van der Waals surface area (Å²) in [6.07, 6.45) is 6.19. The highest BCUT2D eigenvalue weighted by atomic mass is 16.2. The van der Waals surface area contributed by atoms with Gasteiger partial charge in [-0.05, 0) is 88.2 Å². The number of fused-ring (bicyclic) bond motifs is 1. The summed E-state index contributed by atoms with van der Waals surface area (Å²) in [7, 11) is 0. The van der Waals surface area contributed by atoms with Gasteiger partial charge < -0.3 is 20.5 Å². The van der Waals surface area contributed by atoms with E-state index in [1.54, 1.807) is 0 Å². The van der Waals surface area contributed by atoms with Crippen molar-refractivity contribution < 1.29 is 9.59 Å². The Labute approximate surface area is 234 Å². The van der Waals surface area contributed by atoms with Crippen molar-refractivity contribution in [1.29, 1.82) is 0 Å². The largest absolute Gasteiger partial charge is 0.358 e. The van der Waals surface area contributed by atoms with E-state index in [0.29, 0.717) is 17.7 Å². The van der Waals surface area contributed by atoms with Crippen molar-refractivity contribution in [2.24, 2.45) is 0 Å². The van der Waals surface area contributed by atoms with E-state index in [9.17, 15) is 9.59 Å². The maximum Gasteiger partial charge on any atom is 0.256 e. The molecule has 0 saturated carbocycles. The molecule has 1 saturated heterocycles. The molecule has 1 fully saturated rings. The van der Waals surface area contributed by atoms with Crippen molar-refractivity contribution in [3.8, 4) is 16.8 Å². The van der Waals surface area contributed by atoms with Gasteiger partial charge in [-0.1, -0.05) is 24.3 Å². The molecule has 2 aromatic carbocycles. The second-order valence-corrected chi connectivity index (χ2v) is 10.6. The molecule has 0 spiro atoms. The van der Waals surface area contributed by atoms with Crippen molar-refractivity contribution >= 4 is 29.2 Å². The van der Waals surface area contributed by atoms with Crippen molar-refractivity contribution in [2.45, 2.75) is 33.6 Å². The monoisotopic (exact) mass is 534 g/mol. The molecule has 6 rings (SSSR count). The van der Waals surface area contributed by atoms with E-state index in [1.807, 2.05) is 86.3 Å². The lowest BCUT2D eigenvalue weighted by atomic mass is 9.98. The summed E-state index contributed by atoms with van der Waals surface area (Å²) in [6, 6.07) is 16.0. The highest BCUT2D eigenvalue weighted by Crippen LogP contribution is 2.37. The maximum absolute atomic E-state index is 13.1. The summed E-state index contributed by atoms with van der Waals surface area (Å²) < 4.78 is 1.92. The van der Waals surface area contributed by atoms with E-state index in [0.717, 1.165) is 70.3 Å². The molecule has 0 radical (unpaired) electrons.